The Balaban J connectivity index is 1.86. The van der Waals surface area contributed by atoms with E-state index in [0.717, 1.165) is 50.6 Å². The summed E-state index contributed by atoms with van der Waals surface area (Å²) >= 11 is 0. The number of hydrogen-bond acceptors (Lipinski definition) is 4. The SMILES string of the molecule is CCCNC1COc2cc(OCCCN(C)C)ccc21. The molecule has 2 rings (SSSR count). The lowest BCUT2D eigenvalue weighted by atomic mass is 10.1. The second-order valence-electron chi connectivity index (χ2n) is 5.52. The molecular formula is C16H26N2O2. The van der Waals surface area contributed by atoms with Crippen LogP contribution in [0.1, 0.15) is 31.4 Å². The number of benzene rings is 1. The number of hydrogen-bond donors (Lipinski definition) is 1. The lowest BCUT2D eigenvalue weighted by Crippen LogP contribution is -2.22. The van der Waals surface area contributed by atoms with Crippen LogP contribution in [0.25, 0.3) is 0 Å². The average Bonchev–Trinajstić information content (AvgIpc) is 2.83. The fourth-order valence-corrected chi connectivity index (χ4v) is 2.34. The van der Waals surface area contributed by atoms with Crippen molar-refractivity contribution in [3.05, 3.63) is 23.8 Å². The van der Waals surface area contributed by atoms with Crippen molar-refractivity contribution >= 4 is 0 Å². The van der Waals surface area contributed by atoms with Crippen LogP contribution in [-0.4, -0.2) is 45.3 Å². The van der Waals surface area contributed by atoms with Gasteiger partial charge in [-0.25, -0.2) is 0 Å². The van der Waals surface area contributed by atoms with E-state index < -0.39 is 0 Å². The van der Waals surface area contributed by atoms with Gasteiger partial charge in [-0.05, 0) is 45.6 Å². The van der Waals surface area contributed by atoms with Gasteiger partial charge in [0.05, 0.1) is 12.6 Å². The molecule has 1 atom stereocenters. The Morgan fingerprint density at radius 1 is 1.40 bits per heavy atom. The van der Waals surface area contributed by atoms with Crippen LogP contribution in [0.5, 0.6) is 11.5 Å². The maximum Gasteiger partial charge on any atom is 0.127 e. The molecule has 1 unspecified atom stereocenters. The molecule has 4 heteroatoms. The van der Waals surface area contributed by atoms with E-state index >= 15 is 0 Å². The van der Waals surface area contributed by atoms with Gasteiger partial charge in [0.2, 0.25) is 0 Å². The minimum absolute atomic E-state index is 0.327. The summed E-state index contributed by atoms with van der Waals surface area (Å²) in [5.41, 5.74) is 1.25. The van der Waals surface area contributed by atoms with Crippen molar-refractivity contribution in [1.29, 1.82) is 0 Å². The Kier molecular flexibility index (Phi) is 5.68. The van der Waals surface area contributed by atoms with Crippen molar-refractivity contribution in [2.24, 2.45) is 0 Å². The minimum Gasteiger partial charge on any atom is -0.493 e. The van der Waals surface area contributed by atoms with Crippen LogP contribution < -0.4 is 14.8 Å². The van der Waals surface area contributed by atoms with Crippen molar-refractivity contribution in [2.45, 2.75) is 25.8 Å². The summed E-state index contributed by atoms with van der Waals surface area (Å²) in [6.07, 6.45) is 2.17. The predicted molar refractivity (Wildman–Crippen MR) is 81.6 cm³/mol. The van der Waals surface area contributed by atoms with Gasteiger partial charge in [0.15, 0.2) is 0 Å². The zero-order valence-corrected chi connectivity index (χ0v) is 12.8. The minimum atomic E-state index is 0.327. The molecule has 0 saturated carbocycles. The van der Waals surface area contributed by atoms with E-state index in [1.54, 1.807) is 0 Å². The third-order valence-corrected chi connectivity index (χ3v) is 3.43. The number of ether oxygens (including phenoxy) is 2. The van der Waals surface area contributed by atoms with Crippen LogP contribution in [0.4, 0.5) is 0 Å². The fraction of sp³-hybridized carbons (Fsp3) is 0.625. The highest BCUT2D eigenvalue weighted by atomic mass is 16.5. The Labute approximate surface area is 122 Å². The first-order valence-electron chi connectivity index (χ1n) is 7.48. The van der Waals surface area contributed by atoms with E-state index in [1.165, 1.54) is 5.56 Å². The maximum atomic E-state index is 5.77. The summed E-state index contributed by atoms with van der Waals surface area (Å²) in [6.45, 7) is 5.71. The van der Waals surface area contributed by atoms with Crippen LogP contribution in [0.3, 0.4) is 0 Å². The van der Waals surface area contributed by atoms with Crippen molar-refractivity contribution in [1.82, 2.24) is 10.2 Å². The fourth-order valence-electron chi connectivity index (χ4n) is 2.34. The molecule has 0 amide bonds. The van der Waals surface area contributed by atoms with E-state index in [9.17, 15) is 0 Å². The molecule has 0 aromatic heterocycles. The average molecular weight is 278 g/mol. The molecule has 1 heterocycles. The van der Waals surface area contributed by atoms with Crippen LogP contribution in [0.2, 0.25) is 0 Å². The van der Waals surface area contributed by atoms with E-state index in [4.69, 9.17) is 9.47 Å². The summed E-state index contributed by atoms with van der Waals surface area (Å²) in [6, 6.07) is 6.51. The van der Waals surface area contributed by atoms with Crippen molar-refractivity contribution in [2.75, 3.05) is 40.4 Å². The first-order valence-corrected chi connectivity index (χ1v) is 7.48. The van der Waals surface area contributed by atoms with Crippen molar-refractivity contribution < 1.29 is 9.47 Å². The highest BCUT2D eigenvalue weighted by molar-refractivity contribution is 5.45. The first kappa shape index (κ1) is 15.1. The van der Waals surface area contributed by atoms with E-state index in [0.29, 0.717) is 6.04 Å². The molecule has 0 radical (unpaired) electrons. The molecule has 0 bridgehead atoms. The Morgan fingerprint density at radius 3 is 3.00 bits per heavy atom. The quantitative estimate of drug-likeness (QED) is 0.741. The zero-order chi connectivity index (χ0) is 14.4. The van der Waals surface area contributed by atoms with E-state index in [-0.39, 0.29) is 0 Å². The first-order chi connectivity index (χ1) is 9.70. The molecule has 0 aliphatic carbocycles. The standard InChI is InChI=1S/C16H26N2O2/c1-4-8-17-15-12-20-16-11-13(6-7-14(15)16)19-10-5-9-18(2)3/h6-7,11,15,17H,4-5,8-10,12H2,1-3H3. The van der Waals surface area contributed by atoms with Gasteiger partial charge in [-0.3, -0.25) is 0 Å². The van der Waals surface area contributed by atoms with Gasteiger partial charge in [-0.15, -0.1) is 0 Å². The summed E-state index contributed by atoms with van der Waals surface area (Å²) < 4.78 is 11.5. The third-order valence-electron chi connectivity index (χ3n) is 3.43. The molecule has 0 spiro atoms. The van der Waals surface area contributed by atoms with Gasteiger partial charge in [0.1, 0.15) is 18.1 Å². The Bertz CT molecular complexity index is 421. The largest absolute Gasteiger partial charge is 0.493 e. The number of rotatable bonds is 8. The molecule has 4 nitrogen and oxygen atoms in total. The van der Waals surface area contributed by atoms with Crippen molar-refractivity contribution in [3.63, 3.8) is 0 Å². The van der Waals surface area contributed by atoms with Gasteiger partial charge in [-0.1, -0.05) is 6.92 Å². The molecule has 1 N–H and O–H groups in total. The van der Waals surface area contributed by atoms with Crippen LogP contribution in [0, 0.1) is 0 Å². The lowest BCUT2D eigenvalue weighted by molar-refractivity contribution is 0.279. The summed E-state index contributed by atoms with van der Waals surface area (Å²) in [4.78, 5) is 2.17. The summed E-state index contributed by atoms with van der Waals surface area (Å²) in [5.74, 6) is 1.86. The van der Waals surface area contributed by atoms with Gasteiger partial charge >= 0.3 is 0 Å². The molecular weight excluding hydrogens is 252 g/mol. The molecule has 1 aromatic carbocycles. The molecule has 20 heavy (non-hydrogen) atoms. The second-order valence-corrected chi connectivity index (χ2v) is 5.52. The van der Waals surface area contributed by atoms with Crippen LogP contribution >= 0.6 is 0 Å². The maximum absolute atomic E-state index is 5.77. The van der Waals surface area contributed by atoms with E-state index in [2.05, 4.69) is 37.3 Å². The second kappa shape index (κ2) is 7.50. The normalized spacial score (nSPS) is 17.1. The topological polar surface area (TPSA) is 33.7 Å². The third kappa shape index (κ3) is 4.12. The molecule has 1 aromatic rings. The van der Waals surface area contributed by atoms with E-state index in [1.807, 2.05) is 12.1 Å². The van der Waals surface area contributed by atoms with Crippen LogP contribution in [0.15, 0.2) is 18.2 Å². The Hall–Kier alpha value is -1.26. The highest BCUT2D eigenvalue weighted by Crippen LogP contribution is 2.35. The number of fused-ring (bicyclic) bond motifs is 1. The Morgan fingerprint density at radius 2 is 2.25 bits per heavy atom. The van der Waals surface area contributed by atoms with Gasteiger partial charge < -0.3 is 19.7 Å². The van der Waals surface area contributed by atoms with Gasteiger partial charge in [0, 0.05) is 18.2 Å². The number of nitrogens with zero attached hydrogens (tertiary/aromatic N) is 1. The molecule has 0 saturated heterocycles. The molecule has 1 aliphatic rings. The molecule has 0 fully saturated rings. The summed E-state index contributed by atoms with van der Waals surface area (Å²) in [5, 5.41) is 3.50. The smallest absolute Gasteiger partial charge is 0.127 e. The highest BCUT2D eigenvalue weighted by Gasteiger charge is 2.23. The summed E-state index contributed by atoms with van der Waals surface area (Å²) in [7, 11) is 4.15. The number of nitrogens with one attached hydrogen (secondary N) is 1. The monoisotopic (exact) mass is 278 g/mol. The zero-order valence-electron chi connectivity index (χ0n) is 12.8. The molecule has 1 aliphatic heterocycles. The lowest BCUT2D eigenvalue weighted by Gasteiger charge is -2.12. The molecule has 112 valence electrons. The van der Waals surface area contributed by atoms with Crippen LogP contribution in [-0.2, 0) is 0 Å². The van der Waals surface area contributed by atoms with Gasteiger partial charge in [0.25, 0.3) is 0 Å². The van der Waals surface area contributed by atoms with Crippen molar-refractivity contribution in [3.8, 4) is 11.5 Å². The van der Waals surface area contributed by atoms with Gasteiger partial charge in [-0.2, -0.15) is 0 Å². The predicted octanol–water partition coefficient (Wildman–Crippen LogP) is 2.45.